The molecular formula is C23H28N2O3. The van der Waals surface area contributed by atoms with E-state index in [1.807, 2.05) is 30.3 Å². The Morgan fingerprint density at radius 1 is 1.11 bits per heavy atom. The number of carbonyl (C=O) groups is 2. The van der Waals surface area contributed by atoms with E-state index in [0.717, 1.165) is 24.0 Å². The molecule has 148 valence electrons. The van der Waals surface area contributed by atoms with Crippen LogP contribution in [0.25, 0.3) is 11.1 Å². The molecule has 3 N–H and O–H groups in total. The van der Waals surface area contributed by atoms with E-state index >= 15 is 0 Å². The summed E-state index contributed by atoms with van der Waals surface area (Å²) in [4.78, 5) is 25.4. The van der Waals surface area contributed by atoms with Crippen LogP contribution < -0.4 is 11.1 Å². The second-order valence-electron chi connectivity index (χ2n) is 7.46. The first-order valence-electron chi connectivity index (χ1n) is 9.92. The van der Waals surface area contributed by atoms with Crippen molar-refractivity contribution in [3.63, 3.8) is 0 Å². The van der Waals surface area contributed by atoms with Crippen molar-refractivity contribution < 1.29 is 14.3 Å². The van der Waals surface area contributed by atoms with Crippen LogP contribution >= 0.6 is 0 Å². The Hall–Kier alpha value is -2.82. The molecule has 2 aromatic rings. The summed E-state index contributed by atoms with van der Waals surface area (Å²) < 4.78 is 4.95. The second kappa shape index (κ2) is 9.40. The number of hydrogen-bond donors (Lipinski definition) is 2. The Bertz CT molecular complexity index is 814. The van der Waals surface area contributed by atoms with Gasteiger partial charge in [0.05, 0.1) is 7.11 Å². The number of carbonyl (C=O) groups excluding carboxylic acids is 2. The molecule has 0 radical (unpaired) electrons. The molecule has 0 saturated heterocycles. The molecule has 1 saturated carbocycles. The van der Waals surface area contributed by atoms with Crippen molar-refractivity contribution in [1.82, 2.24) is 5.32 Å². The standard InChI is InChI=1S/C23H28N2O3/c1-28-23(27)21(14-16-8-4-2-5-9-16)25-22(26)19-13-12-18(24)15-20(19)17-10-6-3-7-11-17/h3,6-7,10-13,15-16,21H,2,4-5,8-9,14,24H2,1H3,(H,25,26). The summed E-state index contributed by atoms with van der Waals surface area (Å²) in [5.74, 6) is -0.237. The summed E-state index contributed by atoms with van der Waals surface area (Å²) in [6.07, 6.45) is 6.43. The largest absolute Gasteiger partial charge is 0.467 e. The Morgan fingerprint density at radius 3 is 2.50 bits per heavy atom. The van der Waals surface area contributed by atoms with Crippen LogP contribution in [0.1, 0.15) is 48.9 Å². The van der Waals surface area contributed by atoms with Gasteiger partial charge in [0, 0.05) is 11.3 Å². The highest BCUT2D eigenvalue weighted by molar-refractivity contribution is 6.03. The first-order valence-corrected chi connectivity index (χ1v) is 9.92. The molecule has 1 unspecified atom stereocenters. The van der Waals surface area contributed by atoms with E-state index in [-0.39, 0.29) is 5.91 Å². The third kappa shape index (κ3) is 4.91. The monoisotopic (exact) mass is 380 g/mol. The number of methoxy groups -OCH3 is 1. The van der Waals surface area contributed by atoms with E-state index in [4.69, 9.17) is 10.5 Å². The molecule has 0 spiro atoms. The smallest absolute Gasteiger partial charge is 0.328 e. The van der Waals surface area contributed by atoms with Gasteiger partial charge in [-0.05, 0) is 41.7 Å². The molecule has 1 amide bonds. The minimum absolute atomic E-state index is 0.287. The molecule has 0 heterocycles. The van der Waals surface area contributed by atoms with Gasteiger partial charge in [0.25, 0.3) is 5.91 Å². The number of anilines is 1. The van der Waals surface area contributed by atoms with E-state index in [2.05, 4.69) is 5.32 Å². The van der Waals surface area contributed by atoms with Crippen LogP contribution in [0.4, 0.5) is 5.69 Å². The van der Waals surface area contributed by atoms with E-state index in [1.165, 1.54) is 26.4 Å². The van der Waals surface area contributed by atoms with E-state index < -0.39 is 12.0 Å². The molecule has 3 rings (SSSR count). The molecular weight excluding hydrogens is 352 g/mol. The molecule has 1 atom stereocenters. The summed E-state index contributed by atoms with van der Waals surface area (Å²) in [6, 6.07) is 14.2. The second-order valence-corrected chi connectivity index (χ2v) is 7.46. The first kappa shape index (κ1) is 19.9. The molecule has 2 aromatic carbocycles. The highest BCUT2D eigenvalue weighted by Crippen LogP contribution is 2.29. The van der Waals surface area contributed by atoms with Crippen molar-refractivity contribution in [2.45, 2.75) is 44.6 Å². The minimum Gasteiger partial charge on any atom is -0.467 e. The van der Waals surface area contributed by atoms with E-state index in [1.54, 1.807) is 18.2 Å². The van der Waals surface area contributed by atoms with Crippen LogP contribution in [0.3, 0.4) is 0 Å². The zero-order chi connectivity index (χ0) is 19.9. The van der Waals surface area contributed by atoms with Gasteiger partial charge in [0.1, 0.15) is 6.04 Å². The quantitative estimate of drug-likeness (QED) is 0.582. The van der Waals surface area contributed by atoms with Crippen molar-refractivity contribution in [2.75, 3.05) is 12.8 Å². The molecule has 0 bridgehead atoms. The lowest BCUT2D eigenvalue weighted by molar-refractivity contribution is -0.143. The summed E-state index contributed by atoms with van der Waals surface area (Å²) in [5, 5.41) is 2.91. The Morgan fingerprint density at radius 2 is 1.82 bits per heavy atom. The van der Waals surface area contributed by atoms with E-state index in [9.17, 15) is 9.59 Å². The highest BCUT2D eigenvalue weighted by atomic mass is 16.5. The van der Waals surface area contributed by atoms with Gasteiger partial charge in [0.2, 0.25) is 0 Å². The maximum atomic E-state index is 13.1. The number of ether oxygens (including phenoxy) is 1. The van der Waals surface area contributed by atoms with Crippen molar-refractivity contribution >= 4 is 17.6 Å². The number of esters is 1. The molecule has 0 aliphatic heterocycles. The molecule has 1 aliphatic rings. The topological polar surface area (TPSA) is 81.4 Å². The zero-order valence-corrected chi connectivity index (χ0v) is 16.3. The van der Waals surface area contributed by atoms with Crippen molar-refractivity contribution in [3.05, 3.63) is 54.1 Å². The van der Waals surface area contributed by atoms with Gasteiger partial charge in [-0.25, -0.2) is 4.79 Å². The number of rotatable bonds is 6. The normalized spacial score (nSPS) is 15.6. The van der Waals surface area contributed by atoms with Crippen LogP contribution in [0.2, 0.25) is 0 Å². The predicted molar refractivity (Wildman–Crippen MR) is 111 cm³/mol. The van der Waals surface area contributed by atoms with Gasteiger partial charge >= 0.3 is 5.97 Å². The number of hydrogen-bond acceptors (Lipinski definition) is 4. The van der Waals surface area contributed by atoms with Gasteiger partial charge < -0.3 is 15.8 Å². The third-order valence-corrected chi connectivity index (χ3v) is 5.46. The Kier molecular flexibility index (Phi) is 6.69. The molecule has 0 aromatic heterocycles. The Balaban J connectivity index is 1.82. The van der Waals surface area contributed by atoms with Gasteiger partial charge in [-0.3, -0.25) is 4.79 Å². The van der Waals surface area contributed by atoms with Gasteiger partial charge in [-0.1, -0.05) is 62.4 Å². The lowest BCUT2D eigenvalue weighted by Crippen LogP contribution is -2.43. The van der Waals surface area contributed by atoms with Crippen molar-refractivity contribution in [3.8, 4) is 11.1 Å². The number of nitrogen functional groups attached to an aromatic ring is 1. The molecule has 28 heavy (non-hydrogen) atoms. The van der Waals surface area contributed by atoms with Crippen LogP contribution in [-0.4, -0.2) is 25.0 Å². The number of nitrogens with two attached hydrogens (primary N) is 1. The minimum atomic E-state index is -0.637. The average Bonchev–Trinajstić information content (AvgIpc) is 2.74. The van der Waals surface area contributed by atoms with Crippen molar-refractivity contribution in [1.29, 1.82) is 0 Å². The fraction of sp³-hybridized carbons (Fsp3) is 0.391. The highest BCUT2D eigenvalue weighted by Gasteiger charge is 2.27. The number of benzene rings is 2. The summed E-state index contributed by atoms with van der Waals surface area (Å²) in [6.45, 7) is 0. The fourth-order valence-electron chi connectivity index (χ4n) is 3.96. The molecule has 1 fully saturated rings. The molecule has 5 heteroatoms. The fourth-order valence-corrected chi connectivity index (χ4v) is 3.96. The van der Waals surface area contributed by atoms with Gasteiger partial charge in [-0.2, -0.15) is 0 Å². The van der Waals surface area contributed by atoms with E-state index in [0.29, 0.717) is 23.6 Å². The summed E-state index contributed by atoms with van der Waals surface area (Å²) in [5.41, 5.74) is 8.69. The maximum absolute atomic E-state index is 13.1. The van der Waals surface area contributed by atoms with Crippen LogP contribution in [0.5, 0.6) is 0 Å². The first-order chi connectivity index (χ1) is 13.6. The van der Waals surface area contributed by atoms with Gasteiger partial charge in [-0.15, -0.1) is 0 Å². The third-order valence-electron chi connectivity index (χ3n) is 5.46. The summed E-state index contributed by atoms with van der Waals surface area (Å²) >= 11 is 0. The SMILES string of the molecule is COC(=O)C(CC1CCCCC1)NC(=O)c1ccc(N)cc1-c1ccccc1. The number of nitrogens with one attached hydrogen (secondary N) is 1. The van der Waals surface area contributed by atoms with Crippen LogP contribution in [0, 0.1) is 5.92 Å². The van der Waals surface area contributed by atoms with Crippen LogP contribution in [0.15, 0.2) is 48.5 Å². The molecule has 5 nitrogen and oxygen atoms in total. The van der Waals surface area contributed by atoms with Gasteiger partial charge in [0.15, 0.2) is 0 Å². The summed E-state index contributed by atoms with van der Waals surface area (Å²) in [7, 11) is 1.36. The predicted octanol–water partition coefficient (Wildman–Crippen LogP) is 4.18. The number of amides is 1. The zero-order valence-electron chi connectivity index (χ0n) is 16.3. The average molecular weight is 380 g/mol. The lowest BCUT2D eigenvalue weighted by atomic mass is 9.84. The lowest BCUT2D eigenvalue weighted by Gasteiger charge is -2.26. The van der Waals surface area contributed by atoms with Crippen LogP contribution in [-0.2, 0) is 9.53 Å². The molecule has 1 aliphatic carbocycles. The maximum Gasteiger partial charge on any atom is 0.328 e. The van der Waals surface area contributed by atoms with Crippen molar-refractivity contribution in [2.24, 2.45) is 5.92 Å². The Labute approximate surface area is 166 Å².